The molecule has 0 saturated carbocycles. The third kappa shape index (κ3) is 8.31. The van der Waals surface area contributed by atoms with Crippen molar-refractivity contribution < 1.29 is 26.3 Å². The second-order valence-corrected chi connectivity index (χ2v) is 16.6. The first-order valence-electron chi connectivity index (χ1n) is 22.1. The number of nitrogens with zero attached hydrogens (tertiary/aromatic N) is 4. The molecule has 9 aromatic carbocycles. The third-order valence-corrected chi connectivity index (χ3v) is 12.3. The third-order valence-electron chi connectivity index (χ3n) is 12.3. The zero-order valence-electron chi connectivity index (χ0n) is 36.3. The van der Waals surface area contributed by atoms with E-state index in [1.165, 1.54) is 24.3 Å². The van der Waals surface area contributed by atoms with Crippen molar-refractivity contribution in [2.45, 2.75) is 12.4 Å². The highest BCUT2D eigenvalue weighted by atomic mass is 19.4. The molecule has 10 heteroatoms. The van der Waals surface area contributed by atoms with Gasteiger partial charge in [-0.15, -0.1) is 0 Å². The van der Waals surface area contributed by atoms with Crippen LogP contribution in [-0.4, -0.2) is 19.5 Å². The van der Waals surface area contributed by atoms with Crippen LogP contribution in [0.5, 0.6) is 0 Å². The van der Waals surface area contributed by atoms with E-state index in [2.05, 4.69) is 16.7 Å². The Kier molecular flexibility index (Phi) is 10.7. The first-order chi connectivity index (χ1) is 33.5. The predicted octanol–water partition coefficient (Wildman–Crippen LogP) is 16.7. The monoisotopic (exact) mass is 914 g/mol. The summed E-state index contributed by atoms with van der Waals surface area (Å²) in [5.41, 5.74) is 8.03. The molecule has 69 heavy (non-hydrogen) atoms. The molecular weight excluding hydrogens is 879 g/mol. The van der Waals surface area contributed by atoms with Gasteiger partial charge in [-0.2, -0.15) is 26.3 Å². The molecule has 0 aliphatic carbocycles. The summed E-state index contributed by atoms with van der Waals surface area (Å²) < 4.78 is 87.4. The van der Waals surface area contributed by atoms with Crippen molar-refractivity contribution in [3.63, 3.8) is 0 Å². The standard InChI is InChI=1S/C59H36F6N4/c60-58(61,62)46-27-21-39(22-28-46)48-35-45(57-67-55(41-17-9-3-10-18-41)66-56(68-57)42-19-11-4-12-20-42)36-49(40-23-29-47(30-24-40)59(63,64)65)54(48)69-52-31-25-43(37-13-5-1-6-14-37)33-50(52)51-34-44(26-32-53(51)69)38-15-7-2-8-16-38/h1-36H. The smallest absolute Gasteiger partial charge is 0.308 e. The number of benzene rings is 9. The minimum absolute atomic E-state index is 0.248. The first-order valence-corrected chi connectivity index (χ1v) is 22.1. The van der Waals surface area contributed by atoms with E-state index >= 15 is 0 Å². The van der Waals surface area contributed by atoms with Crippen LogP contribution in [0.25, 0.3) is 106 Å². The number of hydrogen-bond donors (Lipinski definition) is 0. The molecule has 0 aliphatic rings. The maximum absolute atomic E-state index is 14.2. The second kappa shape index (κ2) is 17.2. The summed E-state index contributed by atoms with van der Waals surface area (Å²) in [6.07, 6.45) is -9.22. The number of halogens is 6. The van der Waals surface area contributed by atoms with Crippen LogP contribution >= 0.6 is 0 Å². The molecule has 0 amide bonds. The summed E-state index contributed by atoms with van der Waals surface area (Å²) in [6, 6.07) is 64.6. The van der Waals surface area contributed by atoms with Gasteiger partial charge in [-0.25, -0.2) is 15.0 Å². The van der Waals surface area contributed by atoms with Gasteiger partial charge in [0.1, 0.15) is 0 Å². The molecule has 0 bridgehead atoms. The van der Waals surface area contributed by atoms with Crippen molar-refractivity contribution in [1.82, 2.24) is 19.5 Å². The summed E-state index contributed by atoms with van der Waals surface area (Å²) >= 11 is 0. The molecule has 2 heterocycles. The van der Waals surface area contributed by atoms with Crippen molar-refractivity contribution in [3.8, 4) is 84.4 Å². The van der Waals surface area contributed by atoms with Crippen molar-refractivity contribution in [2.75, 3.05) is 0 Å². The Hall–Kier alpha value is -8.63. The van der Waals surface area contributed by atoms with Crippen LogP contribution in [0.15, 0.2) is 218 Å². The van der Waals surface area contributed by atoms with E-state index in [1.807, 2.05) is 158 Å². The molecular formula is C59H36F6N4. The lowest BCUT2D eigenvalue weighted by Gasteiger charge is -2.22. The topological polar surface area (TPSA) is 43.6 Å². The highest BCUT2D eigenvalue weighted by Gasteiger charge is 2.32. The zero-order chi connectivity index (χ0) is 47.3. The van der Waals surface area contributed by atoms with Gasteiger partial charge in [0.05, 0.1) is 27.8 Å². The van der Waals surface area contributed by atoms with E-state index < -0.39 is 23.5 Å². The Morgan fingerprint density at radius 3 is 0.957 bits per heavy atom. The SMILES string of the molecule is FC(F)(F)c1ccc(-c2cc(-c3nc(-c4ccccc4)nc(-c4ccccc4)n3)cc(-c3ccc(C(F)(F)F)cc3)c2-n2c3ccc(-c4ccccc4)cc3c3cc(-c4ccccc4)ccc32)cc1. The minimum Gasteiger partial charge on any atom is -0.308 e. The van der Waals surface area contributed by atoms with E-state index in [9.17, 15) is 26.3 Å². The molecule has 0 aliphatic heterocycles. The molecule has 11 rings (SSSR count). The Bertz CT molecular complexity index is 3410. The van der Waals surface area contributed by atoms with Gasteiger partial charge < -0.3 is 4.57 Å². The Morgan fingerprint density at radius 1 is 0.290 bits per heavy atom. The lowest BCUT2D eigenvalue weighted by Crippen LogP contribution is -2.06. The number of hydrogen-bond acceptors (Lipinski definition) is 3. The lowest BCUT2D eigenvalue weighted by molar-refractivity contribution is -0.138. The van der Waals surface area contributed by atoms with Gasteiger partial charge in [-0.1, -0.05) is 158 Å². The van der Waals surface area contributed by atoms with Crippen LogP contribution in [0.4, 0.5) is 26.3 Å². The van der Waals surface area contributed by atoms with Crippen LogP contribution in [0.3, 0.4) is 0 Å². The van der Waals surface area contributed by atoms with Crippen LogP contribution < -0.4 is 0 Å². The van der Waals surface area contributed by atoms with Crippen LogP contribution in [0.1, 0.15) is 11.1 Å². The van der Waals surface area contributed by atoms with Gasteiger partial charge in [0.25, 0.3) is 0 Å². The Balaban J connectivity index is 1.26. The first kappa shape index (κ1) is 43.0. The number of aromatic nitrogens is 4. The van der Waals surface area contributed by atoms with Crippen molar-refractivity contribution in [2.24, 2.45) is 0 Å². The molecule has 0 N–H and O–H groups in total. The van der Waals surface area contributed by atoms with Gasteiger partial charge in [-0.05, 0) is 94.0 Å². The van der Waals surface area contributed by atoms with Gasteiger partial charge in [0.2, 0.25) is 0 Å². The van der Waals surface area contributed by atoms with Crippen LogP contribution in [0, 0.1) is 0 Å². The lowest BCUT2D eigenvalue weighted by atomic mass is 9.91. The molecule has 0 atom stereocenters. The second-order valence-electron chi connectivity index (χ2n) is 16.6. The van der Waals surface area contributed by atoms with Gasteiger partial charge in [0.15, 0.2) is 17.5 Å². The summed E-state index contributed by atoms with van der Waals surface area (Å²) in [4.78, 5) is 14.9. The van der Waals surface area contributed by atoms with E-state index in [0.717, 1.165) is 79.5 Å². The average Bonchev–Trinajstić information content (AvgIpc) is 3.71. The van der Waals surface area contributed by atoms with E-state index in [4.69, 9.17) is 15.0 Å². The molecule has 0 radical (unpaired) electrons. The normalized spacial score (nSPS) is 11.9. The fourth-order valence-electron chi connectivity index (χ4n) is 8.94. The molecule has 0 fully saturated rings. The largest absolute Gasteiger partial charge is 0.416 e. The summed E-state index contributed by atoms with van der Waals surface area (Å²) in [5, 5.41) is 1.78. The van der Waals surface area contributed by atoms with Gasteiger partial charge in [-0.3, -0.25) is 0 Å². The number of rotatable bonds is 8. The minimum atomic E-state index is -4.61. The van der Waals surface area contributed by atoms with Crippen molar-refractivity contribution in [3.05, 3.63) is 230 Å². The quantitative estimate of drug-likeness (QED) is 0.143. The molecule has 11 aromatic rings. The Morgan fingerprint density at radius 2 is 0.609 bits per heavy atom. The van der Waals surface area contributed by atoms with E-state index in [1.54, 1.807) is 0 Å². The molecule has 0 saturated heterocycles. The predicted molar refractivity (Wildman–Crippen MR) is 262 cm³/mol. The maximum atomic E-state index is 14.2. The molecule has 4 nitrogen and oxygen atoms in total. The Labute approximate surface area is 392 Å². The van der Waals surface area contributed by atoms with Crippen LogP contribution in [-0.2, 0) is 12.4 Å². The summed E-state index contributed by atoms with van der Waals surface area (Å²) in [5.74, 6) is 1.00. The number of alkyl halides is 6. The number of fused-ring (bicyclic) bond motifs is 3. The van der Waals surface area contributed by atoms with E-state index in [-0.39, 0.29) is 5.82 Å². The van der Waals surface area contributed by atoms with Crippen molar-refractivity contribution in [1.29, 1.82) is 0 Å². The summed E-state index contributed by atoms with van der Waals surface area (Å²) in [6.45, 7) is 0. The fraction of sp³-hybridized carbons (Fsp3) is 0.0339. The molecule has 334 valence electrons. The fourth-order valence-corrected chi connectivity index (χ4v) is 8.94. The van der Waals surface area contributed by atoms with E-state index in [0.29, 0.717) is 45.2 Å². The van der Waals surface area contributed by atoms with Crippen LogP contribution in [0.2, 0.25) is 0 Å². The molecule has 0 unspecified atom stereocenters. The molecule has 2 aromatic heterocycles. The van der Waals surface area contributed by atoms with Gasteiger partial charge >= 0.3 is 12.4 Å². The molecule has 0 spiro atoms. The summed E-state index contributed by atoms with van der Waals surface area (Å²) in [7, 11) is 0. The maximum Gasteiger partial charge on any atom is 0.416 e. The zero-order valence-corrected chi connectivity index (χ0v) is 36.3. The van der Waals surface area contributed by atoms with Crippen molar-refractivity contribution >= 4 is 21.8 Å². The highest BCUT2D eigenvalue weighted by molar-refractivity contribution is 6.13. The average molecular weight is 915 g/mol. The highest BCUT2D eigenvalue weighted by Crippen LogP contribution is 2.46. The van der Waals surface area contributed by atoms with Gasteiger partial charge in [0, 0.05) is 38.6 Å².